The Hall–Kier alpha value is -1.64. The van der Waals surface area contributed by atoms with Crippen LogP contribution < -0.4 is 4.90 Å². The predicted molar refractivity (Wildman–Crippen MR) is 115 cm³/mol. The van der Waals surface area contributed by atoms with Crippen LogP contribution in [0.2, 0.25) is 10.0 Å². The molecule has 0 spiro atoms. The van der Waals surface area contributed by atoms with E-state index in [1.807, 2.05) is 0 Å². The molecule has 0 saturated carbocycles. The number of carbonyl (C=O) groups is 1. The van der Waals surface area contributed by atoms with Gasteiger partial charge < -0.3 is 9.64 Å². The maximum Gasteiger partial charge on any atom is 0.243 e. The standard InChI is InChI=1S/C21H20Cl2N2O4S/c22-16-7-15(8-17(23)11-16)19-12-24(5-6-29-19)30(27,28)18-9-13-1-2-20(26)25-4-3-14(10-18)21(13)25/h7-11,19H,1-6,12H2. The molecule has 0 aromatic heterocycles. The summed E-state index contributed by atoms with van der Waals surface area (Å²) in [5.41, 5.74) is 3.55. The Morgan fingerprint density at radius 1 is 0.933 bits per heavy atom. The van der Waals surface area contributed by atoms with E-state index < -0.39 is 16.1 Å². The van der Waals surface area contributed by atoms with Gasteiger partial charge >= 0.3 is 0 Å². The van der Waals surface area contributed by atoms with Gasteiger partial charge in [-0.05, 0) is 59.9 Å². The van der Waals surface area contributed by atoms with Crippen LogP contribution in [0, 0.1) is 0 Å². The van der Waals surface area contributed by atoms with Crippen LogP contribution >= 0.6 is 23.2 Å². The van der Waals surface area contributed by atoms with Gasteiger partial charge in [0.2, 0.25) is 15.9 Å². The lowest BCUT2D eigenvalue weighted by Crippen LogP contribution is -2.42. The van der Waals surface area contributed by atoms with Crippen molar-refractivity contribution in [1.29, 1.82) is 0 Å². The number of hydrogen-bond donors (Lipinski definition) is 0. The van der Waals surface area contributed by atoms with Crippen LogP contribution in [0.1, 0.15) is 29.2 Å². The van der Waals surface area contributed by atoms with Crippen molar-refractivity contribution < 1.29 is 17.9 Å². The zero-order valence-electron chi connectivity index (χ0n) is 16.1. The van der Waals surface area contributed by atoms with Crippen LogP contribution in [0.5, 0.6) is 0 Å². The molecule has 0 N–H and O–H groups in total. The lowest BCUT2D eigenvalue weighted by molar-refractivity contribution is -0.118. The Labute approximate surface area is 185 Å². The molecule has 0 radical (unpaired) electrons. The quantitative estimate of drug-likeness (QED) is 0.692. The number of hydrogen-bond acceptors (Lipinski definition) is 4. The van der Waals surface area contributed by atoms with Crippen molar-refractivity contribution in [2.45, 2.75) is 30.3 Å². The van der Waals surface area contributed by atoms with E-state index in [1.165, 1.54) is 4.31 Å². The van der Waals surface area contributed by atoms with Crippen LogP contribution in [0.4, 0.5) is 5.69 Å². The zero-order valence-corrected chi connectivity index (χ0v) is 18.4. The lowest BCUT2D eigenvalue weighted by atomic mass is 10.00. The third-order valence-corrected chi connectivity index (χ3v) is 8.23. The number of anilines is 1. The van der Waals surface area contributed by atoms with Crippen molar-refractivity contribution in [3.63, 3.8) is 0 Å². The normalized spacial score (nSPS) is 21.7. The molecule has 1 saturated heterocycles. The molecule has 1 unspecified atom stereocenters. The first-order valence-electron chi connectivity index (χ1n) is 9.87. The van der Waals surface area contributed by atoms with Gasteiger partial charge in [-0.3, -0.25) is 4.79 Å². The highest BCUT2D eigenvalue weighted by atomic mass is 35.5. The van der Waals surface area contributed by atoms with Crippen molar-refractivity contribution in [2.24, 2.45) is 0 Å². The molecule has 3 aliphatic heterocycles. The van der Waals surface area contributed by atoms with Crippen LogP contribution in [-0.4, -0.2) is 44.9 Å². The number of aryl methyl sites for hydroxylation is 1. The van der Waals surface area contributed by atoms with Crippen LogP contribution in [0.15, 0.2) is 35.2 Å². The molecular formula is C21H20Cl2N2O4S. The Morgan fingerprint density at radius 3 is 2.37 bits per heavy atom. The van der Waals surface area contributed by atoms with Gasteiger partial charge in [0.15, 0.2) is 0 Å². The van der Waals surface area contributed by atoms with E-state index in [0.29, 0.717) is 35.9 Å². The van der Waals surface area contributed by atoms with E-state index in [0.717, 1.165) is 22.4 Å². The summed E-state index contributed by atoms with van der Waals surface area (Å²) in [5, 5.41) is 0.968. The molecule has 9 heteroatoms. The second kappa shape index (κ2) is 7.50. The van der Waals surface area contributed by atoms with Gasteiger partial charge in [0.05, 0.1) is 23.3 Å². The SMILES string of the molecule is O=C1CCc2cc(S(=O)(=O)N3CCOC(c4cc(Cl)cc(Cl)c4)C3)cc3c2N1CC3. The number of benzene rings is 2. The molecule has 1 fully saturated rings. The lowest BCUT2D eigenvalue weighted by Gasteiger charge is -2.33. The second-order valence-corrected chi connectivity index (χ2v) is 10.6. The molecule has 158 valence electrons. The Balaban J connectivity index is 1.46. The van der Waals surface area contributed by atoms with E-state index >= 15 is 0 Å². The van der Waals surface area contributed by atoms with E-state index in [4.69, 9.17) is 27.9 Å². The van der Waals surface area contributed by atoms with Crippen molar-refractivity contribution in [2.75, 3.05) is 31.1 Å². The summed E-state index contributed by atoms with van der Waals surface area (Å²) in [6, 6.07) is 8.60. The fraction of sp³-hybridized carbons (Fsp3) is 0.381. The molecule has 3 aliphatic rings. The molecular weight excluding hydrogens is 447 g/mol. The average Bonchev–Trinajstić information content (AvgIpc) is 3.15. The molecule has 1 atom stereocenters. The topological polar surface area (TPSA) is 66.9 Å². The van der Waals surface area contributed by atoms with E-state index in [2.05, 4.69) is 0 Å². The van der Waals surface area contributed by atoms with Gasteiger partial charge in [-0.15, -0.1) is 0 Å². The number of amides is 1. The molecule has 5 rings (SSSR count). The Kier molecular flexibility index (Phi) is 5.07. The molecule has 6 nitrogen and oxygen atoms in total. The number of carbonyl (C=O) groups excluding carboxylic acids is 1. The second-order valence-electron chi connectivity index (χ2n) is 7.81. The van der Waals surface area contributed by atoms with E-state index in [-0.39, 0.29) is 30.5 Å². The average molecular weight is 467 g/mol. The molecule has 0 aliphatic carbocycles. The van der Waals surface area contributed by atoms with Crippen LogP contribution in [0.3, 0.4) is 0 Å². The number of rotatable bonds is 3. The molecule has 2 aromatic carbocycles. The molecule has 2 aromatic rings. The van der Waals surface area contributed by atoms with Crippen molar-refractivity contribution in [1.82, 2.24) is 4.31 Å². The third kappa shape index (κ3) is 3.42. The number of halogens is 2. The summed E-state index contributed by atoms with van der Waals surface area (Å²) < 4.78 is 34.2. The van der Waals surface area contributed by atoms with Crippen molar-refractivity contribution >= 4 is 44.8 Å². The maximum absolute atomic E-state index is 13.5. The minimum Gasteiger partial charge on any atom is -0.371 e. The number of nitrogens with zero attached hydrogens (tertiary/aromatic N) is 2. The fourth-order valence-corrected chi connectivity index (χ4v) is 6.60. The van der Waals surface area contributed by atoms with Gasteiger partial charge in [0, 0.05) is 36.1 Å². The minimum absolute atomic E-state index is 0.119. The van der Waals surface area contributed by atoms with Gasteiger partial charge in [0.25, 0.3) is 0 Å². The van der Waals surface area contributed by atoms with Crippen molar-refractivity contribution in [3.8, 4) is 0 Å². The largest absolute Gasteiger partial charge is 0.371 e. The Bertz CT molecular complexity index is 1130. The summed E-state index contributed by atoms with van der Waals surface area (Å²) in [6.45, 7) is 1.38. The number of ether oxygens (including phenoxy) is 1. The predicted octanol–water partition coefficient (Wildman–Crippen LogP) is 3.59. The summed E-state index contributed by atoms with van der Waals surface area (Å²) in [5.74, 6) is 0.119. The number of sulfonamides is 1. The number of morpholine rings is 1. The van der Waals surface area contributed by atoms with E-state index in [1.54, 1.807) is 35.2 Å². The molecule has 1 amide bonds. The van der Waals surface area contributed by atoms with Gasteiger partial charge in [-0.2, -0.15) is 4.31 Å². The van der Waals surface area contributed by atoms with Crippen LogP contribution in [0.25, 0.3) is 0 Å². The highest BCUT2D eigenvalue weighted by Gasteiger charge is 2.36. The third-order valence-electron chi connectivity index (χ3n) is 5.95. The van der Waals surface area contributed by atoms with E-state index in [9.17, 15) is 13.2 Å². The summed E-state index contributed by atoms with van der Waals surface area (Å²) >= 11 is 12.2. The first-order valence-corrected chi connectivity index (χ1v) is 12.1. The maximum atomic E-state index is 13.5. The molecule has 0 bridgehead atoms. The first kappa shape index (κ1) is 20.3. The summed E-state index contributed by atoms with van der Waals surface area (Å²) in [6.07, 6.45) is 1.24. The highest BCUT2D eigenvalue weighted by Crippen LogP contribution is 2.39. The summed E-state index contributed by atoms with van der Waals surface area (Å²) in [4.78, 5) is 14.2. The van der Waals surface area contributed by atoms with Gasteiger partial charge in [-0.1, -0.05) is 23.2 Å². The van der Waals surface area contributed by atoms with Gasteiger partial charge in [-0.25, -0.2) is 8.42 Å². The smallest absolute Gasteiger partial charge is 0.243 e. The molecule has 30 heavy (non-hydrogen) atoms. The monoisotopic (exact) mass is 466 g/mol. The van der Waals surface area contributed by atoms with Gasteiger partial charge in [0.1, 0.15) is 0 Å². The fourth-order valence-electron chi connectivity index (χ4n) is 4.53. The first-order chi connectivity index (χ1) is 14.3. The zero-order chi connectivity index (χ0) is 21.0. The van der Waals surface area contributed by atoms with Crippen molar-refractivity contribution in [3.05, 3.63) is 57.1 Å². The van der Waals surface area contributed by atoms with Crippen LogP contribution in [-0.2, 0) is 32.4 Å². The highest BCUT2D eigenvalue weighted by molar-refractivity contribution is 7.89. The minimum atomic E-state index is -3.70. The summed E-state index contributed by atoms with van der Waals surface area (Å²) in [7, 11) is -3.70. The Morgan fingerprint density at radius 2 is 1.63 bits per heavy atom. The molecule has 3 heterocycles.